The molecule has 0 fully saturated rings. The van der Waals surface area contributed by atoms with E-state index in [4.69, 9.17) is 14.2 Å². The average molecular weight is 793 g/mol. The third kappa shape index (κ3) is 6.61. The number of carbonyl (C=O) groups is 1. The molecule has 2 heterocycles. The zero-order valence-electron chi connectivity index (χ0n) is 34.5. The average Bonchev–Trinajstić information content (AvgIpc) is 3.32. The Labute approximate surface area is 357 Å². The minimum absolute atomic E-state index is 0.0316. The summed E-state index contributed by atoms with van der Waals surface area (Å²) in [5, 5.41) is 0. The molecule has 61 heavy (non-hydrogen) atoms. The Hall–Kier alpha value is -7.44. The maximum absolute atomic E-state index is 14.2. The van der Waals surface area contributed by atoms with Crippen LogP contribution in [0.5, 0.6) is 17.2 Å². The van der Waals surface area contributed by atoms with Crippen LogP contribution < -0.4 is 56.8 Å². The molecule has 0 saturated carbocycles. The number of methoxy groups -OCH3 is 3. The number of hydrogen-bond donors (Lipinski definition) is 0. The van der Waals surface area contributed by atoms with E-state index in [-0.39, 0.29) is 19.2 Å². The van der Waals surface area contributed by atoms with E-state index in [1.807, 2.05) is 60.7 Å². The lowest BCUT2D eigenvalue weighted by Crippen LogP contribution is -2.57. The van der Waals surface area contributed by atoms with Gasteiger partial charge in [-0.2, -0.15) is 0 Å². The number of anilines is 6. The van der Waals surface area contributed by atoms with Crippen molar-refractivity contribution in [2.75, 3.05) is 31.1 Å². The third-order valence-electron chi connectivity index (χ3n) is 12.1. The number of carbonyl (C=O) groups excluding carboxylic acids is 1. The predicted molar refractivity (Wildman–Crippen MR) is 252 cm³/mol. The molecule has 8 aromatic rings. The van der Waals surface area contributed by atoms with E-state index in [1.165, 1.54) is 22.0 Å². The summed E-state index contributed by atoms with van der Waals surface area (Å²) in [7, 11) is 5.11. The molecule has 2 aliphatic heterocycles. The number of rotatable bonds is 9. The molecule has 10 rings (SSSR count). The highest BCUT2D eigenvalue weighted by Crippen LogP contribution is 2.40. The molecule has 0 unspecified atom stereocenters. The SMILES string of the molecule is COc1ccc2c(c1)B(c1ccccc1)c1cc(C)ccc1N2c1ccc(C(=O)c2ccc(N3c4ccc(OC)cc4B(c4ccccc4)c4cc(OC)ccc43)cc2)cc1. The molecule has 2 aliphatic rings. The van der Waals surface area contributed by atoms with Crippen molar-refractivity contribution < 1.29 is 19.0 Å². The van der Waals surface area contributed by atoms with E-state index < -0.39 is 0 Å². The summed E-state index contributed by atoms with van der Waals surface area (Å²) in [5.41, 5.74) is 15.7. The summed E-state index contributed by atoms with van der Waals surface area (Å²) < 4.78 is 17.2. The molecule has 8 aromatic carbocycles. The second kappa shape index (κ2) is 15.6. The van der Waals surface area contributed by atoms with Crippen molar-refractivity contribution in [2.45, 2.75) is 6.92 Å². The van der Waals surface area contributed by atoms with Gasteiger partial charge in [0.15, 0.2) is 5.78 Å². The van der Waals surface area contributed by atoms with E-state index in [0.717, 1.165) is 67.8 Å². The Balaban J connectivity index is 0.992. The van der Waals surface area contributed by atoms with Crippen LogP contribution in [-0.4, -0.2) is 40.5 Å². The lowest BCUT2D eigenvalue weighted by Gasteiger charge is -2.37. The summed E-state index contributed by atoms with van der Waals surface area (Å²) in [6, 6.07) is 62.6. The molecule has 0 aliphatic carbocycles. The van der Waals surface area contributed by atoms with E-state index >= 15 is 0 Å². The molecule has 8 heteroatoms. The van der Waals surface area contributed by atoms with Gasteiger partial charge in [0.25, 0.3) is 0 Å². The highest BCUT2D eigenvalue weighted by atomic mass is 16.5. The summed E-state index contributed by atoms with van der Waals surface area (Å²) in [6.45, 7) is 2.13. The molecule has 0 radical (unpaired) electrons. The van der Waals surface area contributed by atoms with Crippen molar-refractivity contribution in [3.8, 4) is 17.2 Å². The summed E-state index contributed by atoms with van der Waals surface area (Å²) in [5.74, 6) is 2.35. The fraction of sp³-hybridized carbons (Fsp3) is 0.0755. The van der Waals surface area contributed by atoms with Crippen LogP contribution in [0.15, 0.2) is 182 Å². The van der Waals surface area contributed by atoms with Crippen LogP contribution in [0.4, 0.5) is 34.1 Å². The highest BCUT2D eigenvalue weighted by Gasteiger charge is 2.37. The highest BCUT2D eigenvalue weighted by molar-refractivity contribution is 6.98. The van der Waals surface area contributed by atoms with E-state index in [2.05, 4.69) is 138 Å². The Kier molecular flexibility index (Phi) is 9.68. The lowest BCUT2D eigenvalue weighted by molar-refractivity contribution is 0.103. The second-order valence-electron chi connectivity index (χ2n) is 15.6. The molecule has 294 valence electrons. The molecule has 0 spiro atoms. The first-order valence-corrected chi connectivity index (χ1v) is 20.5. The van der Waals surface area contributed by atoms with Crippen molar-refractivity contribution >= 4 is 86.1 Å². The Morgan fingerprint density at radius 1 is 0.410 bits per heavy atom. The van der Waals surface area contributed by atoms with Gasteiger partial charge in [0.2, 0.25) is 13.4 Å². The number of nitrogens with zero attached hydrogens (tertiary/aromatic N) is 2. The standard InChI is InChI=1S/C53H42B2N2O4/c1-35-15-27-49-45(31-35)54(38-11-7-5-8-12-38)46-32-42(59-2)24-28-50(46)56(49)40-20-16-36(17-21-40)53(58)37-18-22-41(23-19-37)57-51-29-25-43(60-3)33-47(51)55(39-13-9-6-10-14-39)48-34-44(61-4)26-30-52(48)57/h5-34H,1-4H3. The van der Waals surface area contributed by atoms with Crippen molar-refractivity contribution in [1.82, 2.24) is 0 Å². The molecule has 0 N–H and O–H groups in total. The number of ketones is 1. The monoisotopic (exact) mass is 792 g/mol. The first-order valence-electron chi connectivity index (χ1n) is 20.5. The Morgan fingerprint density at radius 2 is 0.754 bits per heavy atom. The summed E-state index contributed by atoms with van der Waals surface area (Å²) in [4.78, 5) is 18.8. The van der Waals surface area contributed by atoms with Crippen LogP contribution in [0.2, 0.25) is 0 Å². The molecule has 0 aromatic heterocycles. The van der Waals surface area contributed by atoms with Crippen molar-refractivity contribution in [3.63, 3.8) is 0 Å². The van der Waals surface area contributed by atoms with Crippen LogP contribution in [0.1, 0.15) is 21.5 Å². The maximum atomic E-state index is 14.2. The number of aryl methyl sites for hydroxylation is 1. The van der Waals surface area contributed by atoms with Gasteiger partial charge in [-0.25, -0.2) is 0 Å². The number of benzene rings is 8. The predicted octanol–water partition coefficient (Wildman–Crippen LogP) is 7.85. The van der Waals surface area contributed by atoms with Crippen LogP contribution in [0.25, 0.3) is 0 Å². The molecular formula is C53H42B2N2O4. The second-order valence-corrected chi connectivity index (χ2v) is 15.6. The minimum atomic E-state index is -0.0416. The number of fused-ring (bicyclic) bond motifs is 4. The Morgan fingerprint density at radius 3 is 1.11 bits per heavy atom. The first-order chi connectivity index (χ1) is 29.9. The maximum Gasteiger partial charge on any atom is 0.247 e. The van der Waals surface area contributed by atoms with Gasteiger partial charge in [-0.1, -0.05) is 89.3 Å². The van der Waals surface area contributed by atoms with Gasteiger partial charge >= 0.3 is 0 Å². The van der Waals surface area contributed by atoms with Crippen LogP contribution >= 0.6 is 0 Å². The molecule has 0 amide bonds. The molecule has 6 nitrogen and oxygen atoms in total. The molecule has 0 atom stereocenters. The third-order valence-corrected chi connectivity index (χ3v) is 12.1. The van der Waals surface area contributed by atoms with Gasteiger partial charge in [-0.3, -0.25) is 4.79 Å². The quantitative estimate of drug-likeness (QED) is 0.110. The fourth-order valence-electron chi connectivity index (χ4n) is 9.24. The number of ether oxygens (including phenoxy) is 3. The first kappa shape index (κ1) is 37.8. The van der Waals surface area contributed by atoms with Gasteiger partial charge in [-0.15, -0.1) is 0 Å². The van der Waals surface area contributed by atoms with Crippen LogP contribution in [-0.2, 0) is 0 Å². The minimum Gasteiger partial charge on any atom is -0.497 e. The van der Waals surface area contributed by atoms with E-state index in [0.29, 0.717) is 11.1 Å². The van der Waals surface area contributed by atoms with Gasteiger partial charge in [-0.05, 0) is 138 Å². The van der Waals surface area contributed by atoms with Crippen LogP contribution in [0, 0.1) is 6.92 Å². The molecule has 0 saturated heterocycles. The largest absolute Gasteiger partial charge is 0.497 e. The van der Waals surface area contributed by atoms with Gasteiger partial charge in [0, 0.05) is 45.3 Å². The smallest absolute Gasteiger partial charge is 0.247 e. The molecular weight excluding hydrogens is 750 g/mol. The summed E-state index contributed by atoms with van der Waals surface area (Å²) >= 11 is 0. The van der Waals surface area contributed by atoms with Crippen molar-refractivity contribution in [3.05, 3.63) is 199 Å². The fourth-order valence-corrected chi connectivity index (χ4v) is 9.24. The zero-order chi connectivity index (χ0) is 41.6. The zero-order valence-corrected chi connectivity index (χ0v) is 34.5. The van der Waals surface area contributed by atoms with E-state index in [9.17, 15) is 4.79 Å². The van der Waals surface area contributed by atoms with Crippen molar-refractivity contribution in [2.24, 2.45) is 0 Å². The van der Waals surface area contributed by atoms with Gasteiger partial charge in [0.05, 0.1) is 21.3 Å². The molecule has 0 bridgehead atoms. The van der Waals surface area contributed by atoms with Crippen molar-refractivity contribution in [1.29, 1.82) is 0 Å². The number of hydrogen-bond acceptors (Lipinski definition) is 6. The topological polar surface area (TPSA) is 51.2 Å². The summed E-state index contributed by atoms with van der Waals surface area (Å²) in [6.07, 6.45) is 0. The van der Waals surface area contributed by atoms with Gasteiger partial charge in [0.1, 0.15) is 17.2 Å². The Bertz CT molecular complexity index is 2870. The van der Waals surface area contributed by atoms with E-state index in [1.54, 1.807) is 21.3 Å². The normalized spacial score (nSPS) is 12.5. The lowest BCUT2D eigenvalue weighted by atomic mass is 9.35. The van der Waals surface area contributed by atoms with Crippen LogP contribution in [0.3, 0.4) is 0 Å². The van der Waals surface area contributed by atoms with Gasteiger partial charge < -0.3 is 24.0 Å².